The van der Waals surface area contributed by atoms with Crippen LogP contribution in [0.15, 0.2) is 0 Å². The third kappa shape index (κ3) is 6.43. The van der Waals surface area contributed by atoms with E-state index in [4.69, 9.17) is 11.1 Å². The molecule has 0 amide bonds. The highest BCUT2D eigenvalue weighted by Crippen LogP contribution is 1.69. The number of hydrogen-bond donors (Lipinski definition) is 1. The molecule has 0 aromatic carbocycles. The van der Waals surface area contributed by atoms with Crippen molar-refractivity contribution in [3.8, 4) is 0 Å². The molecule has 0 saturated heterocycles. The smallest absolute Gasteiger partial charge is 0.195 e. The first-order valence-electron chi connectivity index (χ1n) is 2.69. The zero-order chi connectivity index (χ0) is 6.41. The number of halogens is 1. The molecule has 0 aliphatic carbocycles. The molecule has 0 atom stereocenters. The van der Waals surface area contributed by atoms with Crippen LogP contribution < -0.4 is 4.98 Å². The Morgan fingerprint density at radius 1 is 1.62 bits per heavy atom. The van der Waals surface area contributed by atoms with Gasteiger partial charge in [-0.25, -0.2) is 0 Å². The van der Waals surface area contributed by atoms with Crippen molar-refractivity contribution in [1.29, 1.82) is 0 Å². The van der Waals surface area contributed by atoms with Gasteiger partial charge in [0.1, 0.15) is 0 Å². The zero-order valence-corrected chi connectivity index (χ0v) is 7.62. The molecule has 0 aliphatic rings. The van der Waals surface area contributed by atoms with Crippen LogP contribution >= 0.6 is 11.1 Å². The van der Waals surface area contributed by atoms with Gasteiger partial charge >= 0.3 is 0 Å². The Morgan fingerprint density at radius 3 is 2.62 bits per heavy atom. The van der Waals surface area contributed by atoms with Gasteiger partial charge in [0.15, 0.2) is 8.99 Å². The lowest BCUT2D eigenvalue weighted by molar-refractivity contribution is 0.414. The fraction of sp³-hybridized carbons (Fsp3) is 1.00. The third-order valence-electron chi connectivity index (χ3n) is 0.830. The number of rotatable bonds is 4. The van der Waals surface area contributed by atoms with Gasteiger partial charge in [-0.2, -0.15) is 11.1 Å². The van der Waals surface area contributed by atoms with Gasteiger partial charge in [0.05, 0.1) is 0 Å². The van der Waals surface area contributed by atoms with Crippen molar-refractivity contribution in [2.24, 2.45) is 0 Å². The first-order chi connectivity index (χ1) is 3.77. The van der Waals surface area contributed by atoms with Gasteiger partial charge in [-0.3, -0.25) is 0 Å². The lowest BCUT2D eigenvalue weighted by atomic mass is 10.6. The van der Waals surface area contributed by atoms with Crippen LogP contribution in [0.1, 0.15) is 0 Å². The van der Waals surface area contributed by atoms with Crippen LogP contribution in [-0.4, -0.2) is 41.1 Å². The van der Waals surface area contributed by atoms with Crippen LogP contribution in [0, 0.1) is 0 Å². The highest BCUT2D eigenvalue weighted by molar-refractivity contribution is 6.92. The first kappa shape index (κ1) is 8.43. The average molecular weight is 153 g/mol. The molecular weight excluding hydrogens is 140 g/mol. The third-order valence-corrected chi connectivity index (χ3v) is 1.94. The Bertz CT molecular complexity index is 51.3. The van der Waals surface area contributed by atoms with E-state index in [9.17, 15) is 0 Å². The van der Waals surface area contributed by atoms with Gasteiger partial charge < -0.3 is 9.88 Å². The molecule has 0 saturated carbocycles. The fourth-order valence-corrected chi connectivity index (χ4v) is 1.06. The second kappa shape index (κ2) is 5.56. The number of likely N-dealkylation sites (N-methyl/N-ethyl adjacent to an activating group) is 1. The van der Waals surface area contributed by atoms with Crippen LogP contribution in [0.5, 0.6) is 0 Å². The van der Waals surface area contributed by atoms with Gasteiger partial charge in [-0.05, 0) is 14.1 Å². The van der Waals surface area contributed by atoms with Crippen LogP contribution in [-0.2, 0) is 0 Å². The molecule has 0 unspecified atom stereocenters. The minimum atomic E-state index is -0.433. The summed E-state index contributed by atoms with van der Waals surface area (Å²) in [7, 11) is 3.67. The maximum absolute atomic E-state index is 5.49. The van der Waals surface area contributed by atoms with E-state index in [0.29, 0.717) is 0 Å². The van der Waals surface area contributed by atoms with E-state index in [1.54, 1.807) is 0 Å². The molecular formula is C4H13ClN2Si. The topological polar surface area (TPSA) is 15.3 Å². The van der Waals surface area contributed by atoms with Crippen molar-refractivity contribution >= 4 is 20.1 Å². The molecule has 4 heteroatoms. The van der Waals surface area contributed by atoms with Gasteiger partial charge in [-0.15, -0.1) is 0 Å². The van der Waals surface area contributed by atoms with Crippen LogP contribution in [0.2, 0.25) is 0 Å². The minimum Gasteiger partial charge on any atom is -0.329 e. The maximum Gasteiger partial charge on any atom is 0.195 e. The Balaban J connectivity index is 2.72. The molecule has 0 heterocycles. The summed E-state index contributed by atoms with van der Waals surface area (Å²) in [5.74, 6) is 0. The molecule has 0 fully saturated rings. The summed E-state index contributed by atoms with van der Waals surface area (Å²) in [5, 5.41) is 0. The van der Waals surface area contributed by atoms with Crippen LogP contribution in [0.3, 0.4) is 0 Å². The second-order valence-electron chi connectivity index (χ2n) is 1.94. The summed E-state index contributed by atoms with van der Waals surface area (Å²) in [4.78, 5) is 5.28. The molecule has 1 N–H and O–H groups in total. The van der Waals surface area contributed by atoms with Gasteiger partial charge in [0.25, 0.3) is 0 Å². The van der Waals surface area contributed by atoms with Crippen molar-refractivity contribution in [3.63, 3.8) is 0 Å². The molecule has 0 aromatic heterocycles. The SMILES string of the molecule is CN(C)CCN[SiH2]Cl. The minimum absolute atomic E-state index is 0.433. The van der Waals surface area contributed by atoms with Crippen molar-refractivity contribution in [2.45, 2.75) is 0 Å². The Hall–Kier alpha value is 0.427. The molecule has 0 radical (unpaired) electrons. The van der Waals surface area contributed by atoms with Crippen molar-refractivity contribution < 1.29 is 0 Å². The van der Waals surface area contributed by atoms with Gasteiger partial charge in [-0.1, -0.05) is 0 Å². The molecule has 0 aromatic rings. The number of nitrogens with zero attached hydrogens (tertiary/aromatic N) is 1. The first-order valence-corrected chi connectivity index (χ1v) is 5.53. The van der Waals surface area contributed by atoms with E-state index in [-0.39, 0.29) is 0 Å². The molecule has 8 heavy (non-hydrogen) atoms. The Kier molecular flexibility index (Phi) is 5.86. The Morgan fingerprint density at radius 2 is 2.25 bits per heavy atom. The highest BCUT2D eigenvalue weighted by atomic mass is 35.6. The average Bonchev–Trinajstić information content (AvgIpc) is 1.66. The van der Waals surface area contributed by atoms with E-state index in [0.717, 1.165) is 13.1 Å². The monoisotopic (exact) mass is 152 g/mol. The molecule has 2 nitrogen and oxygen atoms in total. The van der Waals surface area contributed by atoms with E-state index in [2.05, 4.69) is 24.0 Å². The predicted molar refractivity (Wildman–Crippen MR) is 41.0 cm³/mol. The number of nitrogens with one attached hydrogen (secondary N) is 1. The van der Waals surface area contributed by atoms with E-state index < -0.39 is 8.99 Å². The largest absolute Gasteiger partial charge is 0.329 e. The highest BCUT2D eigenvalue weighted by Gasteiger charge is 1.85. The lowest BCUT2D eigenvalue weighted by Gasteiger charge is -2.07. The molecule has 0 rings (SSSR count). The maximum atomic E-state index is 5.49. The van der Waals surface area contributed by atoms with Crippen molar-refractivity contribution in [2.75, 3.05) is 27.2 Å². The number of hydrogen-bond acceptors (Lipinski definition) is 2. The standard InChI is InChI=1S/C4H13ClN2Si/c1-7(2)4-3-6-8-5/h6H,3-4,8H2,1-2H3. The lowest BCUT2D eigenvalue weighted by Crippen LogP contribution is -2.26. The normalized spacial score (nSPS) is 12.0. The second-order valence-corrected chi connectivity index (χ2v) is 3.51. The molecule has 0 spiro atoms. The van der Waals surface area contributed by atoms with Crippen LogP contribution in [0.4, 0.5) is 0 Å². The molecule has 0 aliphatic heterocycles. The summed E-state index contributed by atoms with van der Waals surface area (Å²) in [6, 6.07) is 0. The van der Waals surface area contributed by atoms with E-state index >= 15 is 0 Å². The van der Waals surface area contributed by atoms with Crippen LogP contribution in [0.25, 0.3) is 0 Å². The summed E-state index contributed by atoms with van der Waals surface area (Å²) in [6.07, 6.45) is 0. The predicted octanol–water partition coefficient (Wildman–Crippen LogP) is -0.625. The molecule has 50 valence electrons. The quantitative estimate of drug-likeness (QED) is 0.328. The van der Waals surface area contributed by atoms with Gasteiger partial charge in [0.2, 0.25) is 0 Å². The van der Waals surface area contributed by atoms with Gasteiger partial charge in [0, 0.05) is 13.1 Å². The summed E-state index contributed by atoms with van der Waals surface area (Å²) in [5.41, 5.74) is 0. The zero-order valence-electron chi connectivity index (χ0n) is 5.45. The van der Waals surface area contributed by atoms with E-state index in [1.807, 2.05) is 0 Å². The summed E-state index contributed by atoms with van der Waals surface area (Å²) >= 11 is 5.49. The summed E-state index contributed by atoms with van der Waals surface area (Å²) in [6.45, 7) is 2.11. The van der Waals surface area contributed by atoms with Crippen molar-refractivity contribution in [3.05, 3.63) is 0 Å². The Labute approximate surface area is 57.8 Å². The molecule has 0 bridgehead atoms. The fourth-order valence-electron chi connectivity index (χ4n) is 0.369. The van der Waals surface area contributed by atoms with E-state index in [1.165, 1.54) is 0 Å². The summed E-state index contributed by atoms with van der Waals surface area (Å²) < 4.78 is 0. The van der Waals surface area contributed by atoms with Crippen molar-refractivity contribution in [1.82, 2.24) is 9.88 Å².